The standard InChI is InChI=1S/C23H22ClN3O5S/c24-20-9-8-18(14-21(20)33(30,31)27-10-12-32-13-11-27)23(29)26-25-22(28)15-17-6-3-5-16-4-1-2-7-19(16)17/h1-9,14H,10-13,15H2,(H,25,28)(H,26,29). The summed E-state index contributed by atoms with van der Waals surface area (Å²) in [6.07, 6.45) is 0.0684. The van der Waals surface area contributed by atoms with E-state index in [0.29, 0.717) is 13.2 Å². The smallest absolute Gasteiger partial charge is 0.269 e. The molecule has 2 amide bonds. The largest absolute Gasteiger partial charge is 0.379 e. The molecule has 8 nitrogen and oxygen atoms in total. The molecule has 3 aromatic rings. The molecular weight excluding hydrogens is 466 g/mol. The monoisotopic (exact) mass is 487 g/mol. The van der Waals surface area contributed by atoms with Crippen molar-refractivity contribution in [2.45, 2.75) is 11.3 Å². The van der Waals surface area contributed by atoms with Crippen molar-refractivity contribution < 1.29 is 22.7 Å². The van der Waals surface area contributed by atoms with Crippen molar-refractivity contribution >= 4 is 44.2 Å². The zero-order valence-electron chi connectivity index (χ0n) is 17.6. The lowest BCUT2D eigenvalue weighted by Gasteiger charge is -2.26. The van der Waals surface area contributed by atoms with Gasteiger partial charge in [-0.2, -0.15) is 4.31 Å². The predicted octanol–water partition coefficient (Wildman–Crippen LogP) is 2.52. The van der Waals surface area contributed by atoms with Crippen molar-refractivity contribution in [1.82, 2.24) is 15.2 Å². The van der Waals surface area contributed by atoms with Gasteiger partial charge in [-0.15, -0.1) is 0 Å². The van der Waals surface area contributed by atoms with Crippen LogP contribution in [0, 0.1) is 0 Å². The van der Waals surface area contributed by atoms with Crippen LogP contribution in [0.15, 0.2) is 65.6 Å². The minimum absolute atomic E-state index is 0.0121. The van der Waals surface area contributed by atoms with Gasteiger partial charge < -0.3 is 4.74 Å². The molecular formula is C23H22ClN3O5S. The van der Waals surface area contributed by atoms with Crippen LogP contribution < -0.4 is 10.9 Å². The fraction of sp³-hybridized carbons (Fsp3) is 0.217. The maximum atomic E-state index is 12.9. The maximum absolute atomic E-state index is 12.9. The van der Waals surface area contributed by atoms with Crippen LogP contribution in [0.25, 0.3) is 10.8 Å². The average molecular weight is 488 g/mol. The van der Waals surface area contributed by atoms with Gasteiger partial charge >= 0.3 is 0 Å². The van der Waals surface area contributed by atoms with Gasteiger partial charge in [0.1, 0.15) is 4.90 Å². The molecule has 1 heterocycles. The number of halogens is 1. The number of hydrazine groups is 1. The number of sulfonamides is 1. The fourth-order valence-corrected chi connectivity index (χ4v) is 5.54. The highest BCUT2D eigenvalue weighted by Crippen LogP contribution is 2.26. The molecule has 172 valence electrons. The summed E-state index contributed by atoms with van der Waals surface area (Å²) >= 11 is 6.13. The van der Waals surface area contributed by atoms with E-state index < -0.39 is 21.8 Å². The number of carbonyl (C=O) groups is 2. The Morgan fingerprint density at radius 1 is 0.970 bits per heavy atom. The molecule has 0 aliphatic carbocycles. The van der Waals surface area contributed by atoms with Crippen molar-refractivity contribution in [2.24, 2.45) is 0 Å². The van der Waals surface area contributed by atoms with Gasteiger partial charge in [0.15, 0.2) is 0 Å². The number of nitrogens with one attached hydrogen (secondary N) is 2. The first-order valence-electron chi connectivity index (χ1n) is 10.3. The highest BCUT2D eigenvalue weighted by molar-refractivity contribution is 7.89. The second kappa shape index (κ2) is 9.88. The van der Waals surface area contributed by atoms with Crippen LogP contribution in [0.3, 0.4) is 0 Å². The van der Waals surface area contributed by atoms with Crippen molar-refractivity contribution in [2.75, 3.05) is 26.3 Å². The van der Waals surface area contributed by atoms with Gasteiger partial charge in [-0.05, 0) is 34.5 Å². The summed E-state index contributed by atoms with van der Waals surface area (Å²) in [7, 11) is -3.89. The van der Waals surface area contributed by atoms with Crippen LogP contribution in [-0.2, 0) is 26.0 Å². The quantitative estimate of drug-likeness (QED) is 0.538. The highest BCUT2D eigenvalue weighted by Gasteiger charge is 2.29. The van der Waals surface area contributed by atoms with E-state index in [9.17, 15) is 18.0 Å². The first kappa shape index (κ1) is 23.2. The summed E-state index contributed by atoms with van der Waals surface area (Å²) in [5.74, 6) is -1.06. The normalized spacial score (nSPS) is 14.7. The summed E-state index contributed by atoms with van der Waals surface area (Å²) in [5, 5.41) is 1.98. The van der Waals surface area contributed by atoms with E-state index in [0.717, 1.165) is 16.3 Å². The molecule has 10 heteroatoms. The number of hydrogen-bond acceptors (Lipinski definition) is 5. The zero-order valence-corrected chi connectivity index (χ0v) is 19.2. The van der Waals surface area contributed by atoms with E-state index in [1.807, 2.05) is 42.5 Å². The Bertz CT molecular complexity index is 1300. The van der Waals surface area contributed by atoms with E-state index in [4.69, 9.17) is 16.3 Å². The molecule has 0 radical (unpaired) electrons. The van der Waals surface area contributed by atoms with Crippen LogP contribution in [0.1, 0.15) is 15.9 Å². The van der Waals surface area contributed by atoms with E-state index in [2.05, 4.69) is 10.9 Å². The Morgan fingerprint density at radius 3 is 2.48 bits per heavy atom. The van der Waals surface area contributed by atoms with Crippen molar-refractivity contribution in [3.05, 3.63) is 76.8 Å². The number of benzene rings is 3. The van der Waals surface area contributed by atoms with Crippen LogP contribution in [0.2, 0.25) is 5.02 Å². The van der Waals surface area contributed by atoms with Gasteiger partial charge in [0.2, 0.25) is 15.9 Å². The first-order valence-corrected chi connectivity index (χ1v) is 12.1. The molecule has 0 bridgehead atoms. The molecule has 1 fully saturated rings. The second-order valence-corrected chi connectivity index (χ2v) is 9.79. The summed E-state index contributed by atoms with van der Waals surface area (Å²) in [5.41, 5.74) is 5.59. The molecule has 33 heavy (non-hydrogen) atoms. The molecule has 2 N–H and O–H groups in total. The fourth-order valence-electron chi connectivity index (χ4n) is 3.63. The van der Waals surface area contributed by atoms with Gasteiger partial charge in [0.05, 0.1) is 24.7 Å². The van der Waals surface area contributed by atoms with Crippen molar-refractivity contribution in [3.8, 4) is 0 Å². The Balaban J connectivity index is 1.44. The summed E-state index contributed by atoms with van der Waals surface area (Å²) < 4.78 is 32.4. The number of ether oxygens (including phenoxy) is 1. The van der Waals surface area contributed by atoms with E-state index in [1.165, 1.54) is 22.5 Å². The molecule has 0 aromatic heterocycles. The van der Waals surface area contributed by atoms with Crippen molar-refractivity contribution in [1.29, 1.82) is 0 Å². The number of amides is 2. The molecule has 0 spiro atoms. The van der Waals surface area contributed by atoms with Gasteiger partial charge in [-0.3, -0.25) is 20.4 Å². The van der Waals surface area contributed by atoms with Gasteiger partial charge in [0.25, 0.3) is 5.91 Å². The van der Waals surface area contributed by atoms with Crippen LogP contribution >= 0.6 is 11.6 Å². The minimum Gasteiger partial charge on any atom is -0.379 e. The van der Waals surface area contributed by atoms with Crippen LogP contribution in [0.4, 0.5) is 0 Å². The summed E-state index contributed by atoms with van der Waals surface area (Å²) in [4.78, 5) is 24.8. The number of fused-ring (bicyclic) bond motifs is 1. The van der Waals surface area contributed by atoms with E-state index >= 15 is 0 Å². The molecule has 3 aromatic carbocycles. The number of rotatable bonds is 5. The second-order valence-electron chi connectivity index (χ2n) is 7.48. The topological polar surface area (TPSA) is 105 Å². The molecule has 0 saturated carbocycles. The third-order valence-corrected chi connectivity index (χ3v) is 7.71. The zero-order chi connectivity index (χ0) is 23.4. The molecule has 1 saturated heterocycles. The number of hydrogen-bond donors (Lipinski definition) is 2. The van der Waals surface area contributed by atoms with Gasteiger partial charge in [-0.1, -0.05) is 54.1 Å². The maximum Gasteiger partial charge on any atom is 0.269 e. The minimum atomic E-state index is -3.89. The van der Waals surface area contributed by atoms with Crippen LogP contribution in [0.5, 0.6) is 0 Å². The number of morpholine rings is 1. The highest BCUT2D eigenvalue weighted by atomic mass is 35.5. The summed E-state index contributed by atoms with van der Waals surface area (Å²) in [6.45, 7) is 0.998. The summed E-state index contributed by atoms with van der Waals surface area (Å²) in [6, 6.07) is 17.3. The molecule has 1 aliphatic rings. The lowest BCUT2D eigenvalue weighted by Crippen LogP contribution is -2.42. The number of nitrogens with zero attached hydrogens (tertiary/aromatic N) is 1. The average Bonchev–Trinajstić information content (AvgIpc) is 2.83. The third-order valence-electron chi connectivity index (χ3n) is 5.33. The Kier molecular flexibility index (Phi) is 6.94. The Labute approximate surface area is 196 Å². The van der Waals surface area contributed by atoms with Gasteiger partial charge in [0, 0.05) is 18.7 Å². The number of carbonyl (C=O) groups excluding carboxylic acids is 2. The third kappa shape index (κ3) is 5.17. The Morgan fingerprint density at radius 2 is 1.70 bits per heavy atom. The van der Waals surface area contributed by atoms with E-state index in [1.54, 1.807) is 0 Å². The van der Waals surface area contributed by atoms with Crippen molar-refractivity contribution in [3.63, 3.8) is 0 Å². The molecule has 0 atom stereocenters. The van der Waals surface area contributed by atoms with E-state index in [-0.39, 0.29) is 35.0 Å². The molecule has 0 unspecified atom stereocenters. The van der Waals surface area contributed by atoms with Crippen LogP contribution in [-0.4, -0.2) is 50.8 Å². The lowest BCUT2D eigenvalue weighted by atomic mass is 10.0. The molecule has 4 rings (SSSR count). The molecule has 1 aliphatic heterocycles. The van der Waals surface area contributed by atoms with Gasteiger partial charge in [-0.25, -0.2) is 8.42 Å². The predicted molar refractivity (Wildman–Crippen MR) is 124 cm³/mol. The first-order chi connectivity index (χ1) is 15.9. The lowest BCUT2D eigenvalue weighted by molar-refractivity contribution is -0.121. The SMILES string of the molecule is O=C(Cc1cccc2ccccc12)NNC(=O)c1ccc(Cl)c(S(=O)(=O)N2CCOCC2)c1. The Hall–Kier alpha value is -2.98.